The molecule has 1 aromatic carbocycles. The summed E-state index contributed by atoms with van der Waals surface area (Å²) in [5.41, 5.74) is 1.07. The molecule has 24 heavy (non-hydrogen) atoms. The van der Waals surface area contributed by atoms with Crippen LogP contribution >= 0.6 is 0 Å². The Labute approximate surface area is 146 Å². The maximum Gasteiger partial charge on any atom is 0.119 e. The topological polar surface area (TPSA) is 45.2 Å². The van der Waals surface area contributed by atoms with Gasteiger partial charge in [-0.3, -0.25) is 4.90 Å². The van der Waals surface area contributed by atoms with E-state index in [9.17, 15) is 5.11 Å². The number of aliphatic hydroxyl groups excluding tert-OH is 1. The summed E-state index contributed by atoms with van der Waals surface area (Å²) in [5.74, 6) is 0.885. The highest BCUT2D eigenvalue weighted by Gasteiger charge is 2.22. The normalized spacial score (nSPS) is 17.8. The summed E-state index contributed by atoms with van der Waals surface area (Å²) < 4.78 is 11.0. The second-order valence-corrected chi connectivity index (χ2v) is 7.06. The molecular formula is C19H32N2O3. The molecule has 1 unspecified atom stereocenters. The fourth-order valence-electron chi connectivity index (χ4n) is 2.76. The molecule has 1 aromatic rings. The Morgan fingerprint density at radius 1 is 1.12 bits per heavy atom. The first kappa shape index (κ1) is 19.0. The van der Waals surface area contributed by atoms with Crippen molar-refractivity contribution in [1.29, 1.82) is 0 Å². The van der Waals surface area contributed by atoms with Gasteiger partial charge in [0.2, 0.25) is 0 Å². The molecule has 136 valence electrons. The van der Waals surface area contributed by atoms with Crippen molar-refractivity contribution < 1.29 is 14.6 Å². The Morgan fingerprint density at radius 3 is 2.29 bits per heavy atom. The second-order valence-electron chi connectivity index (χ2n) is 7.06. The Balaban J connectivity index is 1.74. The highest BCUT2D eigenvalue weighted by molar-refractivity contribution is 5.49. The lowest BCUT2D eigenvalue weighted by molar-refractivity contribution is -0.0674. The molecule has 1 atom stereocenters. The summed E-state index contributed by atoms with van der Waals surface area (Å²) in [6.07, 6.45) is 0.517. The van der Waals surface area contributed by atoms with Crippen molar-refractivity contribution in [2.75, 3.05) is 51.3 Å². The number of rotatable bonds is 8. The van der Waals surface area contributed by atoms with Crippen molar-refractivity contribution in [2.24, 2.45) is 0 Å². The second kappa shape index (κ2) is 8.70. The molecular weight excluding hydrogens is 304 g/mol. The van der Waals surface area contributed by atoms with E-state index in [1.807, 2.05) is 12.1 Å². The van der Waals surface area contributed by atoms with Crippen molar-refractivity contribution in [1.82, 2.24) is 4.90 Å². The van der Waals surface area contributed by atoms with E-state index in [0.717, 1.165) is 38.3 Å². The predicted octanol–water partition coefficient (Wildman–Crippen LogP) is 2.38. The number of nitrogens with zero attached hydrogens (tertiary/aromatic N) is 2. The van der Waals surface area contributed by atoms with Gasteiger partial charge in [-0.1, -0.05) is 6.92 Å². The molecule has 0 aromatic heterocycles. The molecule has 1 saturated heterocycles. The van der Waals surface area contributed by atoms with E-state index in [1.165, 1.54) is 5.69 Å². The first-order valence-corrected chi connectivity index (χ1v) is 8.87. The highest BCUT2D eigenvalue weighted by Crippen LogP contribution is 2.20. The molecule has 2 rings (SSSR count). The lowest BCUT2D eigenvalue weighted by Gasteiger charge is -2.37. The minimum Gasteiger partial charge on any atom is -0.497 e. The number of hydrogen-bond acceptors (Lipinski definition) is 5. The number of anilines is 1. The number of methoxy groups -OCH3 is 1. The Morgan fingerprint density at radius 2 is 1.75 bits per heavy atom. The Kier molecular flexibility index (Phi) is 6.90. The SMILES string of the molecule is CCC(C)(C)OCC(O)CN1CCN(c2ccc(OC)cc2)CC1. The van der Waals surface area contributed by atoms with Gasteiger partial charge in [0.15, 0.2) is 0 Å². The lowest BCUT2D eigenvalue weighted by Crippen LogP contribution is -2.49. The fourth-order valence-corrected chi connectivity index (χ4v) is 2.76. The van der Waals surface area contributed by atoms with Crippen LogP contribution < -0.4 is 9.64 Å². The van der Waals surface area contributed by atoms with Gasteiger partial charge < -0.3 is 19.5 Å². The van der Waals surface area contributed by atoms with Crippen LogP contribution in [0.2, 0.25) is 0 Å². The van der Waals surface area contributed by atoms with Gasteiger partial charge in [0.1, 0.15) is 5.75 Å². The molecule has 1 heterocycles. The van der Waals surface area contributed by atoms with Crippen LogP contribution in [0.4, 0.5) is 5.69 Å². The number of hydrogen-bond donors (Lipinski definition) is 1. The minimum absolute atomic E-state index is 0.159. The molecule has 1 N–H and O–H groups in total. The van der Waals surface area contributed by atoms with E-state index in [0.29, 0.717) is 13.2 Å². The Hall–Kier alpha value is -1.30. The minimum atomic E-state index is -0.427. The van der Waals surface area contributed by atoms with Crippen molar-refractivity contribution in [3.63, 3.8) is 0 Å². The van der Waals surface area contributed by atoms with E-state index in [2.05, 4.69) is 42.7 Å². The molecule has 0 amide bonds. The summed E-state index contributed by atoms with van der Waals surface area (Å²) in [5, 5.41) is 10.2. The van der Waals surface area contributed by atoms with Gasteiger partial charge in [-0.25, -0.2) is 0 Å². The van der Waals surface area contributed by atoms with E-state index < -0.39 is 6.10 Å². The summed E-state index contributed by atoms with van der Waals surface area (Å²) in [4.78, 5) is 4.69. The van der Waals surface area contributed by atoms with E-state index in [4.69, 9.17) is 9.47 Å². The summed E-state index contributed by atoms with van der Waals surface area (Å²) in [6, 6.07) is 8.20. The number of β-amino-alcohol motifs (C(OH)–C–C–N with tert-alkyl or cyclic N) is 1. The van der Waals surface area contributed by atoms with Crippen molar-refractivity contribution >= 4 is 5.69 Å². The number of piperazine rings is 1. The zero-order chi connectivity index (χ0) is 17.6. The molecule has 5 heteroatoms. The number of ether oxygens (including phenoxy) is 2. The van der Waals surface area contributed by atoms with Gasteiger partial charge in [0.25, 0.3) is 0 Å². The summed E-state index contributed by atoms with van der Waals surface area (Å²) in [7, 11) is 1.68. The van der Waals surface area contributed by atoms with Crippen LogP contribution in [0.5, 0.6) is 5.75 Å². The quantitative estimate of drug-likeness (QED) is 0.790. The van der Waals surface area contributed by atoms with Gasteiger partial charge in [-0.05, 0) is 44.5 Å². The maximum absolute atomic E-state index is 10.2. The molecule has 1 aliphatic rings. The largest absolute Gasteiger partial charge is 0.497 e. The summed E-state index contributed by atoms with van der Waals surface area (Å²) >= 11 is 0. The standard InChI is InChI=1S/C19H32N2O3/c1-5-19(2,3)24-15-17(22)14-20-10-12-21(13-11-20)16-6-8-18(23-4)9-7-16/h6-9,17,22H,5,10-15H2,1-4H3. The van der Waals surface area contributed by atoms with Crippen molar-refractivity contribution in [2.45, 2.75) is 38.9 Å². The number of benzene rings is 1. The van der Waals surface area contributed by atoms with Crippen LogP contribution in [0.25, 0.3) is 0 Å². The van der Waals surface area contributed by atoms with Crippen molar-refractivity contribution in [3.05, 3.63) is 24.3 Å². The molecule has 0 radical (unpaired) electrons. The third-order valence-corrected chi connectivity index (χ3v) is 4.80. The van der Waals surface area contributed by atoms with Crippen LogP contribution in [-0.4, -0.2) is 68.2 Å². The van der Waals surface area contributed by atoms with Crippen molar-refractivity contribution in [3.8, 4) is 5.75 Å². The predicted molar refractivity (Wildman–Crippen MR) is 98.0 cm³/mol. The van der Waals surface area contributed by atoms with Crippen LogP contribution in [0.15, 0.2) is 24.3 Å². The van der Waals surface area contributed by atoms with Gasteiger partial charge >= 0.3 is 0 Å². The van der Waals surface area contributed by atoms with Crippen LogP contribution in [0.3, 0.4) is 0 Å². The van der Waals surface area contributed by atoms with Crippen LogP contribution in [0, 0.1) is 0 Å². The maximum atomic E-state index is 10.2. The zero-order valence-electron chi connectivity index (χ0n) is 15.5. The molecule has 0 aliphatic carbocycles. The molecule has 1 fully saturated rings. The molecule has 5 nitrogen and oxygen atoms in total. The van der Waals surface area contributed by atoms with E-state index in [1.54, 1.807) is 7.11 Å². The van der Waals surface area contributed by atoms with Gasteiger partial charge in [-0.15, -0.1) is 0 Å². The first-order chi connectivity index (χ1) is 11.4. The van der Waals surface area contributed by atoms with Crippen LogP contribution in [0.1, 0.15) is 27.2 Å². The average Bonchev–Trinajstić information content (AvgIpc) is 2.61. The number of aliphatic hydroxyl groups is 1. The molecule has 0 bridgehead atoms. The summed E-state index contributed by atoms with van der Waals surface area (Å²) in [6.45, 7) is 11.2. The van der Waals surface area contributed by atoms with Crippen LogP contribution in [-0.2, 0) is 4.74 Å². The van der Waals surface area contributed by atoms with E-state index >= 15 is 0 Å². The Bertz CT molecular complexity index is 482. The van der Waals surface area contributed by atoms with Gasteiger partial charge in [0.05, 0.1) is 25.4 Å². The van der Waals surface area contributed by atoms with Gasteiger partial charge in [0, 0.05) is 38.4 Å². The monoisotopic (exact) mass is 336 g/mol. The molecule has 0 saturated carbocycles. The highest BCUT2D eigenvalue weighted by atomic mass is 16.5. The average molecular weight is 336 g/mol. The third-order valence-electron chi connectivity index (χ3n) is 4.80. The smallest absolute Gasteiger partial charge is 0.119 e. The zero-order valence-corrected chi connectivity index (χ0v) is 15.5. The van der Waals surface area contributed by atoms with Gasteiger partial charge in [-0.2, -0.15) is 0 Å². The van der Waals surface area contributed by atoms with E-state index in [-0.39, 0.29) is 5.60 Å². The first-order valence-electron chi connectivity index (χ1n) is 8.87. The lowest BCUT2D eigenvalue weighted by atomic mass is 10.1. The molecule has 0 spiro atoms. The fraction of sp³-hybridized carbons (Fsp3) is 0.684. The third kappa shape index (κ3) is 5.65. The molecule has 1 aliphatic heterocycles.